The number of nitrogens with zero attached hydrogens (tertiary/aromatic N) is 1. The fourth-order valence-corrected chi connectivity index (χ4v) is 2.55. The maximum Gasteiger partial charge on any atom is 0.274 e. The zero-order valence-corrected chi connectivity index (χ0v) is 11.5. The molecule has 0 atom stereocenters. The number of aromatic nitrogens is 1. The lowest BCUT2D eigenvalue weighted by molar-refractivity contribution is 0.0944. The highest BCUT2D eigenvalue weighted by Gasteiger charge is 2.35. The molecule has 1 aromatic heterocycles. The first kappa shape index (κ1) is 13.5. The molecule has 19 heavy (non-hydrogen) atoms. The largest absolute Gasteiger partial charge is 0.354 e. The van der Waals surface area contributed by atoms with Gasteiger partial charge in [-0.3, -0.25) is 14.4 Å². The molecule has 7 heteroatoms. The average Bonchev–Trinajstić information content (AvgIpc) is 2.79. The van der Waals surface area contributed by atoms with Gasteiger partial charge in [-0.15, -0.1) is 11.8 Å². The topological polar surface area (TPSA) is 89.3 Å². The third-order valence-corrected chi connectivity index (χ3v) is 3.46. The molecule has 1 aromatic rings. The Balaban J connectivity index is 2.49. The summed E-state index contributed by atoms with van der Waals surface area (Å²) in [4.78, 5) is 36.0. The van der Waals surface area contributed by atoms with Crippen molar-refractivity contribution >= 4 is 29.2 Å². The van der Waals surface area contributed by atoms with Crippen molar-refractivity contribution in [3.63, 3.8) is 0 Å². The molecular weight excluding hydrogens is 268 g/mol. The van der Waals surface area contributed by atoms with Crippen LogP contribution in [0.1, 0.15) is 45.2 Å². The summed E-state index contributed by atoms with van der Waals surface area (Å²) in [5.41, 5.74) is -0.194. The number of Topliss-reactive ketones (excluding diaryl/α,β-unsaturated/α-hetero) is 1. The normalized spacial score (nSPS) is 14.4. The Hall–Kier alpha value is -1.89. The highest BCUT2D eigenvalue weighted by Crippen LogP contribution is 2.32. The van der Waals surface area contributed by atoms with Crippen LogP contribution in [-0.2, 0) is 0 Å². The van der Waals surface area contributed by atoms with Crippen molar-refractivity contribution in [3.05, 3.63) is 28.0 Å². The van der Waals surface area contributed by atoms with E-state index in [9.17, 15) is 14.4 Å². The van der Waals surface area contributed by atoms with E-state index in [4.69, 9.17) is 4.52 Å². The molecule has 1 heterocycles. The first-order chi connectivity index (χ1) is 8.95. The van der Waals surface area contributed by atoms with Crippen LogP contribution in [-0.4, -0.2) is 34.9 Å². The van der Waals surface area contributed by atoms with Gasteiger partial charge in [0.1, 0.15) is 5.56 Å². The Kier molecular flexibility index (Phi) is 3.57. The summed E-state index contributed by atoms with van der Waals surface area (Å²) in [5, 5.41) is 6.02. The van der Waals surface area contributed by atoms with Crippen molar-refractivity contribution in [2.45, 2.75) is 19.1 Å². The summed E-state index contributed by atoms with van der Waals surface area (Å²) >= 11 is 1.27. The number of thioether (sulfide) groups is 1. The molecule has 0 aromatic carbocycles. The fraction of sp³-hybridized carbons (Fsp3) is 0.333. The summed E-state index contributed by atoms with van der Waals surface area (Å²) in [6.07, 6.45) is 1.23. The van der Waals surface area contributed by atoms with Gasteiger partial charge in [-0.25, -0.2) is 0 Å². The minimum absolute atomic E-state index is 0.0463. The maximum absolute atomic E-state index is 12.3. The molecule has 1 aliphatic carbocycles. The van der Waals surface area contributed by atoms with Crippen molar-refractivity contribution in [1.29, 1.82) is 0 Å². The van der Waals surface area contributed by atoms with E-state index >= 15 is 0 Å². The summed E-state index contributed by atoms with van der Waals surface area (Å²) < 4.78 is 4.81. The van der Waals surface area contributed by atoms with Crippen LogP contribution in [0.15, 0.2) is 15.5 Å². The van der Waals surface area contributed by atoms with Crippen molar-refractivity contribution in [3.8, 4) is 0 Å². The number of amides is 1. The molecule has 0 unspecified atom stereocenters. The maximum atomic E-state index is 12.3. The number of hydrogen-bond acceptors (Lipinski definition) is 6. The number of carbonyl (C=O) groups is 3. The van der Waals surface area contributed by atoms with Crippen LogP contribution >= 0.6 is 11.8 Å². The third-order valence-electron chi connectivity index (χ3n) is 2.43. The zero-order valence-electron chi connectivity index (χ0n) is 10.6. The number of ketones is 2. The molecule has 0 radical (unpaired) electrons. The van der Waals surface area contributed by atoms with Crippen LogP contribution in [0.25, 0.3) is 0 Å². The van der Waals surface area contributed by atoms with Crippen molar-refractivity contribution in [1.82, 2.24) is 10.5 Å². The van der Waals surface area contributed by atoms with Gasteiger partial charge in [0.2, 0.25) is 17.3 Å². The van der Waals surface area contributed by atoms with E-state index in [1.807, 2.05) is 13.8 Å². The summed E-state index contributed by atoms with van der Waals surface area (Å²) in [7, 11) is 1.41. The van der Waals surface area contributed by atoms with Gasteiger partial charge in [-0.1, -0.05) is 19.0 Å². The smallest absolute Gasteiger partial charge is 0.274 e. The Morgan fingerprint density at radius 3 is 2.68 bits per heavy atom. The quantitative estimate of drug-likeness (QED) is 0.901. The molecule has 0 saturated carbocycles. The van der Waals surface area contributed by atoms with E-state index < -0.39 is 17.5 Å². The monoisotopic (exact) mass is 280 g/mol. The van der Waals surface area contributed by atoms with E-state index in [-0.39, 0.29) is 22.3 Å². The second-order valence-corrected chi connectivity index (χ2v) is 5.80. The van der Waals surface area contributed by atoms with Crippen LogP contribution in [0, 0.1) is 0 Å². The van der Waals surface area contributed by atoms with E-state index in [2.05, 4.69) is 10.5 Å². The number of carbonyl (C=O) groups excluding carboxylic acids is 3. The predicted octanol–water partition coefficient (Wildman–Crippen LogP) is 1.44. The van der Waals surface area contributed by atoms with E-state index in [1.165, 1.54) is 24.9 Å². The fourth-order valence-electron chi connectivity index (χ4n) is 1.66. The van der Waals surface area contributed by atoms with Gasteiger partial charge >= 0.3 is 0 Å². The van der Waals surface area contributed by atoms with Crippen molar-refractivity contribution in [2.75, 3.05) is 7.05 Å². The second-order valence-electron chi connectivity index (χ2n) is 4.18. The average molecular weight is 280 g/mol. The Morgan fingerprint density at radius 1 is 1.42 bits per heavy atom. The first-order valence-corrected chi connectivity index (χ1v) is 6.52. The molecule has 6 nitrogen and oxygen atoms in total. The number of nitrogens with one attached hydrogen (secondary N) is 1. The molecule has 1 aliphatic rings. The minimum Gasteiger partial charge on any atom is -0.354 e. The molecule has 1 amide bonds. The van der Waals surface area contributed by atoms with E-state index in [0.29, 0.717) is 4.91 Å². The SMILES string of the molecule is CNC(=O)c1noc2c1C(=O)C(SC(C)C)=CC2=O. The van der Waals surface area contributed by atoms with Gasteiger partial charge < -0.3 is 9.84 Å². The number of allylic oxidation sites excluding steroid dienone is 2. The minimum atomic E-state index is -0.554. The van der Waals surface area contributed by atoms with Gasteiger partial charge in [0, 0.05) is 18.4 Å². The molecule has 1 N–H and O–H groups in total. The Morgan fingerprint density at radius 2 is 2.11 bits per heavy atom. The standard InChI is InChI=1S/C12H12N2O4S/c1-5(2)19-7-4-6(15)11-8(10(7)16)9(14-18-11)12(17)13-3/h4-5H,1-3H3,(H,13,17). The first-order valence-electron chi connectivity index (χ1n) is 5.64. The number of rotatable bonds is 3. The summed E-state index contributed by atoms with van der Waals surface area (Å²) in [6, 6.07) is 0. The van der Waals surface area contributed by atoms with Crippen LogP contribution in [0.2, 0.25) is 0 Å². The van der Waals surface area contributed by atoms with Crippen LogP contribution in [0.3, 0.4) is 0 Å². The lowest BCUT2D eigenvalue weighted by atomic mass is 10.00. The molecule has 100 valence electrons. The van der Waals surface area contributed by atoms with Crippen LogP contribution < -0.4 is 5.32 Å². The third kappa shape index (κ3) is 2.33. The summed E-state index contributed by atoms with van der Waals surface area (Å²) in [5.74, 6) is -1.56. The number of hydrogen-bond donors (Lipinski definition) is 1. The van der Waals surface area contributed by atoms with Gasteiger partial charge in [0.25, 0.3) is 5.91 Å². The van der Waals surface area contributed by atoms with E-state index in [1.54, 1.807) is 0 Å². The lowest BCUT2D eigenvalue weighted by Crippen LogP contribution is -2.23. The van der Waals surface area contributed by atoms with E-state index in [0.717, 1.165) is 0 Å². The molecule has 0 fully saturated rings. The Bertz CT molecular complexity index is 601. The molecule has 0 aliphatic heterocycles. The van der Waals surface area contributed by atoms with Crippen LogP contribution in [0.5, 0.6) is 0 Å². The van der Waals surface area contributed by atoms with Gasteiger partial charge in [-0.05, 0) is 0 Å². The van der Waals surface area contributed by atoms with Crippen molar-refractivity contribution < 1.29 is 18.9 Å². The zero-order chi connectivity index (χ0) is 14.2. The van der Waals surface area contributed by atoms with Crippen molar-refractivity contribution in [2.24, 2.45) is 0 Å². The highest BCUT2D eigenvalue weighted by atomic mass is 32.2. The molecule has 2 rings (SSSR count). The van der Waals surface area contributed by atoms with Gasteiger partial charge in [0.15, 0.2) is 5.69 Å². The molecule has 0 saturated heterocycles. The highest BCUT2D eigenvalue weighted by molar-refractivity contribution is 8.04. The van der Waals surface area contributed by atoms with Gasteiger partial charge in [0.05, 0.1) is 4.91 Å². The molecule has 0 bridgehead atoms. The number of fused-ring (bicyclic) bond motifs is 1. The Labute approximate surface area is 113 Å². The predicted molar refractivity (Wildman–Crippen MR) is 69.4 cm³/mol. The molecular formula is C12H12N2O4S. The van der Waals surface area contributed by atoms with Gasteiger partial charge in [-0.2, -0.15) is 0 Å². The summed E-state index contributed by atoms with van der Waals surface area (Å²) in [6.45, 7) is 3.82. The second kappa shape index (κ2) is 5.00. The van der Waals surface area contributed by atoms with Crippen LogP contribution in [0.4, 0.5) is 0 Å². The lowest BCUT2D eigenvalue weighted by Gasteiger charge is -2.12. The molecule has 0 spiro atoms.